The average Bonchev–Trinajstić information content (AvgIpc) is 3.42. The maximum atomic E-state index is 12.9. The Hall–Kier alpha value is -2.89. The van der Waals surface area contributed by atoms with Gasteiger partial charge in [-0.3, -0.25) is 14.4 Å². The van der Waals surface area contributed by atoms with Gasteiger partial charge in [0.15, 0.2) is 6.10 Å². The summed E-state index contributed by atoms with van der Waals surface area (Å²) >= 11 is 0. The van der Waals surface area contributed by atoms with Gasteiger partial charge < -0.3 is 14.2 Å². The maximum absolute atomic E-state index is 12.9. The van der Waals surface area contributed by atoms with Crippen LogP contribution in [0, 0.1) is 0 Å². The van der Waals surface area contributed by atoms with Crippen molar-refractivity contribution < 1.29 is 28.6 Å². The summed E-state index contributed by atoms with van der Waals surface area (Å²) < 4.78 is 17.0. The molecule has 0 aromatic carbocycles. The monoisotopic (exact) mass is 1060 g/mol. The lowest BCUT2D eigenvalue weighted by Crippen LogP contribution is -2.30. The highest BCUT2D eigenvalue weighted by Crippen LogP contribution is 2.18. The molecule has 6 nitrogen and oxygen atoms in total. The highest BCUT2D eigenvalue weighted by Gasteiger charge is 2.19. The van der Waals surface area contributed by atoms with E-state index in [9.17, 15) is 14.4 Å². The molecule has 6 heteroatoms. The van der Waals surface area contributed by atoms with Crippen LogP contribution in [0.2, 0.25) is 0 Å². The van der Waals surface area contributed by atoms with Gasteiger partial charge in [0.05, 0.1) is 0 Å². The normalized spacial score (nSPS) is 12.4. The summed E-state index contributed by atoms with van der Waals surface area (Å²) in [7, 11) is 0. The fraction of sp³-hybridized carbons (Fsp3) is 0.814. The van der Waals surface area contributed by atoms with Crippen molar-refractivity contribution in [2.75, 3.05) is 13.2 Å². The van der Waals surface area contributed by atoms with Gasteiger partial charge in [0, 0.05) is 19.3 Å². The SMILES string of the molecule is CC/C=C\C/C=C\C/C=C\C/C=C\CCCCCCCCC(=O)OC(COC(=O)CCCCCCCCC/C=C\CCCCCCCC)COC(=O)CCCCCCCCCCCCCCCCCCCCCCCC. The minimum absolute atomic E-state index is 0.0780. The third-order valence-electron chi connectivity index (χ3n) is 14.8. The van der Waals surface area contributed by atoms with Crippen LogP contribution >= 0.6 is 0 Å². The number of unbranched alkanes of at least 4 members (excludes halogenated alkanes) is 40. The highest BCUT2D eigenvalue weighted by molar-refractivity contribution is 5.71. The zero-order valence-electron chi connectivity index (χ0n) is 50.8. The second-order valence-corrected chi connectivity index (χ2v) is 22.4. The molecule has 0 spiro atoms. The van der Waals surface area contributed by atoms with Crippen molar-refractivity contribution in [1.82, 2.24) is 0 Å². The molecule has 0 bridgehead atoms. The number of esters is 3. The first-order chi connectivity index (χ1) is 37.5. The third kappa shape index (κ3) is 62.0. The number of hydrogen-bond donors (Lipinski definition) is 0. The molecule has 0 aliphatic rings. The van der Waals surface area contributed by atoms with E-state index >= 15 is 0 Å². The summed E-state index contributed by atoms with van der Waals surface area (Å²) in [4.78, 5) is 38.4. The number of rotatable bonds is 61. The molecule has 0 fully saturated rings. The molecule has 1 unspecified atom stereocenters. The van der Waals surface area contributed by atoms with Crippen LogP contribution in [0.5, 0.6) is 0 Å². The molecule has 0 aliphatic heterocycles. The molecular formula is C70H126O6. The van der Waals surface area contributed by atoms with Gasteiger partial charge in [-0.25, -0.2) is 0 Å². The lowest BCUT2D eigenvalue weighted by molar-refractivity contribution is -0.167. The summed E-state index contributed by atoms with van der Waals surface area (Å²) in [5.41, 5.74) is 0. The van der Waals surface area contributed by atoms with E-state index in [4.69, 9.17) is 14.2 Å². The maximum Gasteiger partial charge on any atom is 0.306 e. The van der Waals surface area contributed by atoms with Crippen LogP contribution in [-0.4, -0.2) is 37.2 Å². The minimum Gasteiger partial charge on any atom is -0.462 e. The zero-order valence-corrected chi connectivity index (χ0v) is 50.8. The minimum atomic E-state index is -0.784. The molecule has 0 aliphatic carbocycles. The van der Waals surface area contributed by atoms with E-state index in [0.717, 1.165) is 96.3 Å². The van der Waals surface area contributed by atoms with Gasteiger partial charge in [0.25, 0.3) is 0 Å². The van der Waals surface area contributed by atoms with Crippen LogP contribution in [0.1, 0.15) is 348 Å². The Labute approximate surface area is 472 Å². The first-order valence-corrected chi connectivity index (χ1v) is 33.3. The van der Waals surface area contributed by atoms with Crippen LogP contribution in [0.4, 0.5) is 0 Å². The molecule has 0 radical (unpaired) electrons. The van der Waals surface area contributed by atoms with E-state index < -0.39 is 6.10 Å². The standard InChI is InChI=1S/C70H126O6/c1-4-7-10-13-16-19-22-25-28-31-33-34-35-37-39-42-45-48-51-54-57-60-63-69(72)75-66-67(65-74-68(71)62-59-56-53-50-47-44-41-38-30-27-24-21-18-15-12-9-6-3)76-70(73)64-61-58-55-52-49-46-43-40-36-32-29-26-23-20-17-14-11-8-5-2/h8,11,17,20,26-27,29-30,36,40,67H,4-7,9-10,12-16,18-19,21-25,28,31-35,37-39,41-66H2,1-3H3/b11-8-,20-17-,29-26-,30-27-,40-36-. The van der Waals surface area contributed by atoms with Gasteiger partial charge in [-0.15, -0.1) is 0 Å². The Morgan fingerprint density at radius 2 is 0.513 bits per heavy atom. The van der Waals surface area contributed by atoms with Gasteiger partial charge in [-0.05, 0) is 83.5 Å². The van der Waals surface area contributed by atoms with Gasteiger partial charge in [-0.1, -0.05) is 306 Å². The number of allylic oxidation sites excluding steroid dienone is 10. The lowest BCUT2D eigenvalue weighted by atomic mass is 10.0. The van der Waals surface area contributed by atoms with Crippen LogP contribution in [0.15, 0.2) is 60.8 Å². The molecule has 0 aromatic heterocycles. The van der Waals surface area contributed by atoms with Crippen molar-refractivity contribution in [3.63, 3.8) is 0 Å². The van der Waals surface area contributed by atoms with Crippen molar-refractivity contribution in [2.45, 2.75) is 354 Å². The molecule has 0 heterocycles. The fourth-order valence-corrected chi connectivity index (χ4v) is 9.79. The summed E-state index contributed by atoms with van der Waals surface area (Å²) in [6.45, 7) is 6.57. The Balaban J connectivity index is 4.35. The second kappa shape index (κ2) is 64.6. The molecule has 0 amide bonds. The third-order valence-corrected chi connectivity index (χ3v) is 14.8. The molecule has 0 N–H and O–H groups in total. The van der Waals surface area contributed by atoms with Crippen molar-refractivity contribution in [3.05, 3.63) is 60.8 Å². The summed E-state index contributed by atoms with van der Waals surface area (Å²) in [6, 6.07) is 0. The smallest absolute Gasteiger partial charge is 0.306 e. The van der Waals surface area contributed by atoms with Gasteiger partial charge in [0.1, 0.15) is 13.2 Å². The van der Waals surface area contributed by atoms with Gasteiger partial charge in [-0.2, -0.15) is 0 Å². The van der Waals surface area contributed by atoms with E-state index in [1.165, 1.54) is 212 Å². The lowest BCUT2D eigenvalue weighted by Gasteiger charge is -2.18. The zero-order chi connectivity index (χ0) is 55.0. The predicted molar refractivity (Wildman–Crippen MR) is 330 cm³/mol. The second-order valence-electron chi connectivity index (χ2n) is 22.4. The molecule has 0 saturated carbocycles. The molecule has 1 atom stereocenters. The Morgan fingerprint density at radius 1 is 0.276 bits per heavy atom. The van der Waals surface area contributed by atoms with E-state index in [1.807, 2.05) is 0 Å². The largest absolute Gasteiger partial charge is 0.462 e. The Morgan fingerprint density at radius 3 is 0.816 bits per heavy atom. The van der Waals surface area contributed by atoms with Crippen molar-refractivity contribution in [2.24, 2.45) is 0 Å². The van der Waals surface area contributed by atoms with Crippen molar-refractivity contribution in [3.8, 4) is 0 Å². The Kier molecular flexibility index (Phi) is 62.2. The number of hydrogen-bond acceptors (Lipinski definition) is 6. The van der Waals surface area contributed by atoms with E-state index in [1.54, 1.807) is 0 Å². The van der Waals surface area contributed by atoms with E-state index in [0.29, 0.717) is 19.3 Å². The summed E-state index contributed by atoms with van der Waals surface area (Å²) in [5.74, 6) is -0.875. The highest BCUT2D eigenvalue weighted by atomic mass is 16.6. The molecule has 0 rings (SSSR count). The molecular weight excluding hydrogens is 937 g/mol. The number of ether oxygens (including phenoxy) is 3. The van der Waals surface area contributed by atoms with Crippen LogP contribution in [0.3, 0.4) is 0 Å². The average molecular weight is 1060 g/mol. The van der Waals surface area contributed by atoms with Crippen LogP contribution in [-0.2, 0) is 28.6 Å². The number of carbonyl (C=O) groups excluding carboxylic acids is 3. The van der Waals surface area contributed by atoms with Crippen LogP contribution in [0.25, 0.3) is 0 Å². The molecule has 0 saturated heterocycles. The molecule has 0 aromatic rings. The summed E-state index contributed by atoms with van der Waals surface area (Å²) in [6.07, 6.45) is 82.3. The van der Waals surface area contributed by atoms with E-state index in [-0.39, 0.29) is 31.1 Å². The topological polar surface area (TPSA) is 78.9 Å². The van der Waals surface area contributed by atoms with E-state index in [2.05, 4.69) is 81.5 Å². The van der Waals surface area contributed by atoms with Crippen molar-refractivity contribution in [1.29, 1.82) is 0 Å². The first-order valence-electron chi connectivity index (χ1n) is 33.3. The molecule has 442 valence electrons. The van der Waals surface area contributed by atoms with Gasteiger partial charge in [0.2, 0.25) is 0 Å². The fourth-order valence-electron chi connectivity index (χ4n) is 9.79. The first kappa shape index (κ1) is 73.1. The molecule has 76 heavy (non-hydrogen) atoms. The van der Waals surface area contributed by atoms with Gasteiger partial charge >= 0.3 is 17.9 Å². The number of carbonyl (C=O) groups is 3. The van der Waals surface area contributed by atoms with Crippen molar-refractivity contribution >= 4 is 17.9 Å². The predicted octanol–water partition coefficient (Wildman–Crippen LogP) is 22.7. The quantitative estimate of drug-likeness (QED) is 0.0261. The Bertz CT molecular complexity index is 1360. The summed E-state index contributed by atoms with van der Waals surface area (Å²) in [5, 5.41) is 0. The van der Waals surface area contributed by atoms with Crippen LogP contribution < -0.4 is 0 Å².